The van der Waals surface area contributed by atoms with Crippen LogP contribution < -0.4 is 5.32 Å². The Bertz CT molecular complexity index is 145. The maximum atomic E-state index is 3.40. The van der Waals surface area contributed by atoms with Gasteiger partial charge in [0.05, 0.1) is 0 Å². The average Bonchev–Trinajstić information content (AvgIpc) is 2.53. The van der Waals surface area contributed by atoms with Crippen LogP contribution in [0.25, 0.3) is 0 Å². The van der Waals surface area contributed by atoms with Crippen molar-refractivity contribution < 1.29 is 0 Å². The zero-order valence-corrected chi connectivity index (χ0v) is 8.57. The molecule has 70 valence electrons. The molecule has 2 aliphatic heterocycles. The second kappa shape index (κ2) is 3.99. The molecule has 0 aromatic carbocycles. The lowest BCUT2D eigenvalue weighted by molar-refractivity contribution is 0.174. The van der Waals surface area contributed by atoms with Crippen molar-refractivity contribution in [3.8, 4) is 0 Å². The van der Waals surface area contributed by atoms with Gasteiger partial charge < -0.3 is 5.32 Å². The molecular formula is C9H18N2S. The molecule has 2 unspecified atom stereocenters. The van der Waals surface area contributed by atoms with E-state index in [0.717, 1.165) is 11.3 Å². The molecule has 2 aliphatic rings. The van der Waals surface area contributed by atoms with Gasteiger partial charge in [-0.3, -0.25) is 4.90 Å². The molecule has 3 heteroatoms. The van der Waals surface area contributed by atoms with E-state index >= 15 is 0 Å². The van der Waals surface area contributed by atoms with E-state index in [9.17, 15) is 0 Å². The number of hydrogen-bond acceptors (Lipinski definition) is 3. The third kappa shape index (κ3) is 1.78. The van der Waals surface area contributed by atoms with Gasteiger partial charge in [0.2, 0.25) is 0 Å². The molecule has 0 bridgehead atoms. The number of hydrogen-bond donors (Lipinski definition) is 1. The minimum absolute atomic E-state index is 0.864. The summed E-state index contributed by atoms with van der Waals surface area (Å²) >= 11 is 2.14. The number of piperazine rings is 1. The zero-order valence-electron chi connectivity index (χ0n) is 7.75. The number of nitrogens with zero attached hydrogens (tertiary/aromatic N) is 1. The minimum atomic E-state index is 0.864. The highest BCUT2D eigenvalue weighted by Gasteiger charge is 2.29. The minimum Gasteiger partial charge on any atom is -0.314 e. The number of rotatable bonds is 1. The highest BCUT2D eigenvalue weighted by molar-refractivity contribution is 8.00. The summed E-state index contributed by atoms with van der Waals surface area (Å²) in [5, 5.41) is 4.27. The molecule has 1 N–H and O–H groups in total. The third-order valence-electron chi connectivity index (χ3n) is 2.96. The molecule has 2 rings (SSSR count). The molecule has 0 aliphatic carbocycles. The average molecular weight is 186 g/mol. The van der Waals surface area contributed by atoms with E-state index < -0.39 is 0 Å². The van der Waals surface area contributed by atoms with Gasteiger partial charge in [0.15, 0.2) is 0 Å². The summed E-state index contributed by atoms with van der Waals surface area (Å²) in [7, 11) is 0. The Balaban J connectivity index is 1.89. The van der Waals surface area contributed by atoms with Crippen molar-refractivity contribution in [3.63, 3.8) is 0 Å². The predicted molar refractivity (Wildman–Crippen MR) is 54.8 cm³/mol. The van der Waals surface area contributed by atoms with Gasteiger partial charge in [0.1, 0.15) is 0 Å². The molecule has 0 spiro atoms. The second-order valence-electron chi connectivity index (χ2n) is 3.72. The largest absolute Gasteiger partial charge is 0.314 e. The first-order valence-electron chi connectivity index (χ1n) is 4.94. The lowest BCUT2D eigenvalue weighted by atomic mass is 10.1. The van der Waals surface area contributed by atoms with Crippen LogP contribution in [0.4, 0.5) is 0 Å². The van der Waals surface area contributed by atoms with Crippen LogP contribution in [0.3, 0.4) is 0 Å². The first-order chi connectivity index (χ1) is 5.88. The summed E-state index contributed by atoms with van der Waals surface area (Å²) in [6, 6.07) is 0.872. The summed E-state index contributed by atoms with van der Waals surface area (Å²) in [6.45, 7) is 7.28. The summed E-state index contributed by atoms with van der Waals surface area (Å²) in [6.07, 6.45) is 1.41. The first-order valence-corrected chi connectivity index (χ1v) is 5.99. The van der Waals surface area contributed by atoms with Gasteiger partial charge >= 0.3 is 0 Å². The molecular weight excluding hydrogens is 168 g/mol. The highest BCUT2D eigenvalue weighted by atomic mass is 32.2. The Morgan fingerprint density at radius 2 is 2.08 bits per heavy atom. The quantitative estimate of drug-likeness (QED) is 0.652. The molecule has 0 amide bonds. The standard InChI is InChI=1S/C9H18N2S/c1-8-9(2-7-12-8)11-5-3-10-4-6-11/h8-10H,2-7H2,1H3. The van der Waals surface area contributed by atoms with Crippen LogP contribution >= 0.6 is 11.8 Å². The Hall–Kier alpha value is 0.270. The van der Waals surface area contributed by atoms with E-state index in [1.165, 1.54) is 38.4 Å². The number of thioether (sulfide) groups is 1. The van der Waals surface area contributed by atoms with Gasteiger partial charge in [0.25, 0.3) is 0 Å². The van der Waals surface area contributed by atoms with Crippen LogP contribution in [-0.4, -0.2) is 48.1 Å². The van der Waals surface area contributed by atoms with Crippen LogP contribution in [0, 0.1) is 0 Å². The van der Waals surface area contributed by atoms with E-state index in [1.807, 2.05) is 0 Å². The third-order valence-corrected chi connectivity index (χ3v) is 4.27. The van der Waals surface area contributed by atoms with Crippen LogP contribution in [0.1, 0.15) is 13.3 Å². The van der Waals surface area contributed by atoms with E-state index in [2.05, 4.69) is 28.9 Å². The molecule has 0 radical (unpaired) electrons. The van der Waals surface area contributed by atoms with Gasteiger partial charge in [0, 0.05) is 37.5 Å². The van der Waals surface area contributed by atoms with Crippen LogP contribution in [0.15, 0.2) is 0 Å². The van der Waals surface area contributed by atoms with Gasteiger partial charge in [-0.1, -0.05) is 6.92 Å². The smallest absolute Gasteiger partial charge is 0.0220 e. The van der Waals surface area contributed by atoms with Crippen molar-refractivity contribution in [1.29, 1.82) is 0 Å². The maximum absolute atomic E-state index is 3.40. The van der Waals surface area contributed by atoms with Gasteiger partial charge in [-0.15, -0.1) is 0 Å². The molecule has 2 heterocycles. The summed E-state index contributed by atoms with van der Waals surface area (Å²) < 4.78 is 0. The molecule has 12 heavy (non-hydrogen) atoms. The Morgan fingerprint density at radius 3 is 2.67 bits per heavy atom. The van der Waals surface area contributed by atoms with Crippen LogP contribution in [0.2, 0.25) is 0 Å². The molecule has 2 nitrogen and oxygen atoms in total. The Labute approximate surface area is 79.1 Å². The maximum Gasteiger partial charge on any atom is 0.0220 e. The molecule has 0 aromatic heterocycles. The molecule has 2 saturated heterocycles. The Morgan fingerprint density at radius 1 is 1.33 bits per heavy atom. The van der Waals surface area contributed by atoms with Crippen molar-refractivity contribution in [2.24, 2.45) is 0 Å². The van der Waals surface area contributed by atoms with Crippen molar-refractivity contribution in [2.75, 3.05) is 31.9 Å². The molecule has 2 atom stereocenters. The fourth-order valence-corrected chi connectivity index (χ4v) is 3.49. The van der Waals surface area contributed by atoms with Gasteiger partial charge in [-0.25, -0.2) is 0 Å². The summed E-state index contributed by atoms with van der Waals surface area (Å²) in [5.74, 6) is 1.37. The number of nitrogens with one attached hydrogen (secondary N) is 1. The van der Waals surface area contributed by atoms with Crippen molar-refractivity contribution in [3.05, 3.63) is 0 Å². The lowest BCUT2D eigenvalue weighted by Crippen LogP contribution is -2.50. The topological polar surface area (TPSA) is 15.3 Å². The van der Waals surface area contributed by atoms with E-state index in [-0.39, 0.29) is 0 Å². The lowest BCUT2D eigenvalue weighted by Gasteiger charge is -2.34. The van der Waals surface area contributed by atoms with Crippen LogP contribution in [0.5, 0.6) is 0 Å². The summed E-state index contributed by atoms with van der Waals surface area (Å²) in [5.41, 5.74) is 0. The summed E-state index contributed by atoms with van der Waals surface area (Å²) in [4.78, 5) is 2.67. The van der Waals surface area contributed by atoms with E-state index in [4.69, 9.17) is 0 Å². The van der Waals surface area contributed by atoms with E-state index in [1.54, 1.807) is 0 Å². The molecule has 0 saturated carbocycles. The van der Waals surface area contributed by atoms with Crippen molar-refractivity contribution in [2.45, 2.75) is 24.6 Å². The highest BCUT2D eigenvalue weighted by Crippen LogP contribution is 2.30. The van der Waals surface area contributed by atoms with E-state index in [0.29, 0.717) is 0 Å². The fraction of sp³-hybridized carbons (Fsp3) is 1.00. The second-order valence-corrected chi connectivity index (χ2v) is 5.20. The monoisotopic (exact) mass is 186 g/mol. The normalized spacial score (nSPS) is 38.8. The van der Waals surface area contributed by atoms with Crippen molar-refractivity contribution in [1.82, 2.24) is 10.2 Å². The predicted octanol–water partition coefficient (Wildman–Crippen LogP) is 0.786. The first kappa shape index (κ1) is 8.85. The Kier molecular flexibility index (Phi) is 2.94. The fourth-order valence-electron chi connectivity index (χ4n) is 2.21. The van der Waals surface area contributed by atoms with Crippen molar-refractivity contribution >= 4 is 11.8 Å². The SMILES string of the molecule is CC1SCCC1N1CCNCC1. The molecule has 2 fully saturated rings. The van der Waals surface area contributed by atoms with Gasteiger partial charge in [-0.2, -0.15) is 11.8 Å². The van der Waals surface area contributed by atoms with Gasteiger partial charge in [-0.05, 0) is 12.2 Å². The molecule has 0 aromatic rings. The van der Waals surface area contributed by atoms with Crippen LogP contribution in [-0.2, 0) is 0 Å². The zero-order chi connectivity index (χ0) is 8.39.